The summed E-state index contributed by atoms with van der Waals surface area (Å²) in [4.78, 5) is 27.7. The summed E-state index contributed by atoms with van der Waals surface area (Å²) in [6, 6.07) is 5.25. The van der Waals surface area contributed by atoms with Gasteiger partial charge < -0.3 is 30.1 Å². The zero-order valence-electron chi connectivity index (χ0n) is 18.5. The van der Waals surface area contributed by atoms with E-state index in [1.807, 2.05) is 32.0 Å². The molecule has 2 amide bonds. The van der Waals surface area contributed by atoms with Crippen LogP contribution < -0.4 is 10.5 Å². The molecule has 1 aromatic rings. The van der Waals surface area contributed by atoms with Gasteiger partial charge in [-0.25, -0.2) is 4.79 Å². The second-order valence-corrected chi connectivity index (χ2v) is 8.03. The molecule has 0 aliphatic carbocycles. The minimum Gasteiger partial charge on any atom is -0.493 e. The number of ether oxygens (including phenoxy) is 2. The second-order valence-electron chi connectivity index (χ2n) is 8.03. The first-order valence-corrected chi connectivity index (χ1v) is 10.6. The largest absolute Gasteiger partial charge is 0.493 e. The molecular weight excluding hydrogens is 386 g/mol. The summed E-state index contributed by atoms with van der Waals surface area (Å²) in [6.45, 7) is 8.16. The Balaban J connectivity index is 2.15. The van der Waals surface area contributed by atoms with Crippen LogP contribution in [-0.2, 0) is 11.2 Å². The Hall–Kier alpha value is -2.32. The molecule has 1 fully saturated rings. The fourth-order valence-electron chi connectivity index (χ4n) is 3.69. The minimum atomic E-state index is -0.971. The van der Waals surface area contributed by atoms with Crippen LogP contribution in [0.4, 0.5) is 4.79 Å². The molecule has 2 atom stereocenters. The van der Waals surface area contributed by atoms with Gasteiger partial charge >= 0.3 is 6.09 Å². The molecule has 0 bridgehead atoms. The zero-order valence-corrected chi connectivity index (χ0v) is 18.5. The van der Waals surface area contributed by atoms with Crippen molar-refractivity contribution in [3.63, 3.8) is 0 Å². The molecule has 2 rings (SSSR count). The number of aryl methyl sites for hydroxylation is 1. The van der Waals surface area contributed by atoms with E-state index in [2.05, 4.69) is 6.92 Å². The number of nitrogens with two attached hydrogens (primary N) is 1. The molecule has 0 saturated carbocycles. The number of nitrogens with zero attached hydrogens (tertiary/aromatic N) is 2. The van der Waals surface area contributed by atoms with Crippen molar-refractivity contribution in [3.05, 3.63) is 29.3 Å². The number of carbonyl (C=O) groups excluding carboxylic acids is 1. The van der Waals surface area contributed by atoms with Crippen molar-refractivity contribution in [2.45, 2.75) is 45.7 Å². The van der Waals surface area contributed by atoms with Crippen molar-refractivity contribution in [1.29, 1.82) is 0 Å². The molecule has 0 aromatic heterocycles. The van der Waals surface area contributed by atoms with Crippen LogP contribution in [0.15, 0.2) is 18.2 Å². The molecule has 0 unspecified atom stereocenters. The number of methoxy groups -OCH3 is 1. The van der Waals surface area contributed by atoms with E-state index in [0.717, 1.165) is 24.2 Å². The van der Waals surface area contributed by atoms with Gasteiger partial charge in [0.05, 0.1) is 6.61 Å². The van der Waals surface area contributed by atoms with E-state index in [-0.39, 0.29) is 23.9 Å². The van der Waals surface area contributed by atoms with Gasteiger partial charge in [-0.1, -0.05) is 13.0 Å². The molecule has 168 valence electrons. The van der Waals surface area contributed by atoms with Gasteiger partial charge in [-0.05, 0) is 38.0 Å². The Morgan fingerprint density at radius 1 is 1.30 bits per heavy atom. The van der Waals surface area contributed by atoms with Crippen LogP contribution >= 0.6 is 0 Å². The summed E-state index contributed by atoms with van der Waals surface area (Å²) in [5.41, 5.74) is 7.77. The third-order valence-electron chi connectivity index (χ3n) is 5.52. The van der Waals surface area contributed by atoms with E-state index in [1.165, 1.54) is 4.90 Å². The number of hydrogen-bond donors (Lipinski definition) is 2. The van der Waals surface area contributed by atoms with E-state index in [0.29, 0.717) is 38.4 Å². The molecular formula is C22H35N3O5. The molecule has 0 spiro atoms. The minimum absolute atomic E-state index is 0.0412. The Kier molecular flexibility index (Phi) is 8.92. The average molecular weight is 422 g/mol. The Bertz CT molecular complexity index is 725. The van der Waals surface area contributed by atoms with Gasteiger partial charge in [-0.3, -0.25) is 4.79 Å². The van der Waals surface area contributed by atoms with Gasteiger partial charge in [0.15, 0.2) is 0 Å². The van der Waals surface area contributed by atoms with Crippen LogP contribution in [0, 0.1) is 5.92 Å². The first-order chi connectivity index (χ1) is 14.3. The SMILES string of the molecule is CCc1ccc(C(=O)N(C[C@@H]2CN(C(=O)O)C[C@H]2N)C(C)C)cc1OCCCOC. The van der Waals surface area contributed by atoms with E-state index < -0.39 is 6.09 Å². The van der Waals surface area contributed by atoms with Crippen LogP contribution in [0.2, 0.25) is 0 Å². The lowest BCUT2D eigenvalue weighted by atomic mass is 10.0. The summed E-state index contributed by atoms with van der Waals surface area (Å²) in [7, 11) is 1.66. The van der Waals surface area contributed by atoms with Gasteiger partial charge in [-0.15, -0.1) is 0 Å². The average Bonchev–Trinajstić information content (AvgIpc) is 3.09. The van der Waals surface area contributed by atoms with Crippen molar-refractivity contribution in [3.8, 4) is 5.75 Å². The summed E-state index contributed by atoms with van der Waals surface area (Å²) >= 11 is 0. The molecule has 1 aromatic carbocycles. The van der Waals surface area contributed by atoms with Gasteiger partial charge in [0, 0.05) is 63.3 Å². The van der Waals surface area contributed by atoms with Crippen molar-refractivity contribution in [2.75, 3.05) is 40.0 Å². The third kappa shape index (κ3) is 6.09. The van der Waals surface area contributed by atoms with E-state index in [4.69, 9.17) is 15.2 Å². The fraction of sp³-hybridized carbons (Fsp3) is 0.636. The van der Waals surface area contributed by atoms with Crippen LogP contribution in [0.25, 0.3) is 0 Å². The summed E-state index contributed by atoms with van der Waals surface area (Å²) in [6.07, 6.45) is 0.611. The molecule has 8 heteroatoms. The molecule has 8 nitrogen and oxygen atoms in total. The van der Waals surface area contributed by atoms with Crippen LogP contribution in [0.5, 0.6) is 5.75 Å². The number of hydrogen-bond acceptors (Lipinski definition) is 5. The molecule has 0 radical (unpaired) electrons. The monoisotopic (exact) mass is 421 g/mol. The summed E-state index contributed by atoms with van der Waals surface area (Å²) in [5, 5.41) is 9.23. The number of benzene rings is 1. The zero-order chi connectivity index (χ0) is 22.3. The highest BCUT2D eigenvalue weighted by Gasteiger charge is 2.35. The standard InChI is InChI=1S/C22H35N3O5/c1-5-16-7-8-17(11-20(16)30-10-6-9-29-4)21(26)25(15(2)3)13-18-12-24(22(27)28)14-19(18)23/h7-8,11,15,18-19H,5-6,9-10,12-14,23H2,1-4H3,(H,27,28)/t18-,19+/m0/s1. The number of likely N-dealkylation sites (tertiary alicyclic amines) is 1. The lowest BCUT2D eigenvalue weighted by molar-refractivity contribution is 0.0669. The Morgan fingerprint density at radius 2 is 2.03 bits per heavy atom. The van der Waals surface area contributed by atoms with Gasteiger partial charge in [-0.2, -0.15) is 0 Å². The van der Waals surface area contributed by atoms with E-state index >= 15 is 0 Å². The lowest BCUT2D eigenvalue weighted by Crippen LogP contribution is -2.44. The Morgan fingerprint density at radius 3 is 2.60 bits per heavy atom. The second kappa shape index (κ2) is 11.2. The molecule has 30 heavy (non-hydrogen) atoms. The predicted octanol–water partition coefficient (Wildman–Crippen LogP) is 2.45. The van der Waals surface area contributed by atoms with E-state index in [9.17, 15) is 14.7 Å². The van der Waals surface area contributed by atoms with Crippen molar-refractivity contribution < 1.29 is 24.2 Å². The number of carboxylic acid groups (broad SMARTS) is 1. The molecule has 1 aliphatic heterocycles. The maximum absolute atomic E-state index is 13.3. The van der Waals surface area contributed by atoms with Crippen molar-refractivity contribution >= 4 is 12.0 Å². The first-order valence-electron chi connectivity index (χ1n) is 10.6. The molecule has 1 saturated heterocycles. The van der Waals surface area contributed by atoms with Gasteiger partial charge in [0.1, 0.15) is 5.75 Å². The number of rotatable bonds is 10. The quantitative estimate of drug-likeness (QED) is 0.562. The van der Waals surface area contributed by atoms with Gasteiger partial charge in [0.25, 0.3) is 5.91 Å². The first kappa shape index (κ1) is 24.0. The molecule has 3 N–H and O–H groups in total. The summed E-state index contributed by atoms with van der Waals surface area (Å²) < 4.78 is 11.0. The maximum atomic E-state index is 13.3. The fourth-order valence-corrected chi connectivity index (χ4v) is 3.69. The molecule has 1 heterocycles. The van der Waals surface area contributed by atoms with E-state index in [1.54, 1.807) is 12.0 Å². The normalized spacial score (nSPS) is 18.7. The van der Waals surface area contributed by atoms with Crippen LogP contribution in [0.1, 0.15) is 43.1 Å². The van der Waals surface area contributed by atoms with Crippen molar-refractivity contribution in [1.82, 2.24) is 9.80 Å². The number of amides is 2. The maximum Gasteiger partial charge on any atom is 0.407 e. The highest BCUT2D eigenvalue weighted by atomic mass is 16.5. The van der Waals surface area contributed by atoms with Crippen LogP contribution in [-0.4, -0.2) is 78.9 Å². The summed E-state index contributed by atoms with van der Waals surface area (Å²) in [5.74, 6) is 0.528. The highest BCUT2D eigenvalue weighted by molar-refractivity contribution is 5.95. The topological polar surface area (TPSA) is 105 Å². The van der Waals surface area contributed by atoms with Gasteiger partial charge in [0.2, 0.25) is 0 Å². The lowest BCUT2D eigenvalue weighted by Gasteiger charge is -2.31. The van der Waals surface area contributed by atoms with Crippen molar-refractivity contribution in [2.24, 2.45) is 11.7 Å². The molecule has 1 aliphatic rings. The number of carbonyl (C=O) groups is 2. The smallest absolute Gasteiger partial charge is 0.407 e. The third-order valence-corrected chi connectivity index (χ3v) is 5.52. The highest BCUT2D eigenvalue weighted by Crippen LogP contribution is 2.24. The van der Waals surface area contributed by atoms with Crippen LogP contribution in [0.3, 0.4) is 0 Å². The Labute approximate surface area is 178 Å². The predicted molar refractivity (Wildman–Crippen MR) is 115 cm³/mol.